The number of benzene rings is 1. The van der Waals surface area contributed by atoms with Crippen LogP contribution in [0.2, 0.25) is 0 Å². The molecule has 1 aliphatic carbocycles. The van der Waals surface area contributed by atoms with Crippen LogP contribution < -0.4 is 0 Å². The summed E-state index contributed by atoms with van der Waals surface area (Å²) in [4.78, 5) is 16.7. The van der Waals surface area contributed by atoms with Crippen molar-refractivity contribution in [1.29, 1.82) is 0 Å². The van der Waals surface area contributed by atoms with Crippen molar-refractivity contribution in [3.8, 4) is 0 Å². The molecule has 0 unspecified atom stereocenters. The third-order valence-corrected chi connectivity index (χ3v) is 4.80. The number of amides is 1. The van der Waals surface area contributed by atoms with Crippen molar-refractivity contribution in [2.75, 3.05) is 19.6 Å². The maximum Gasteiger partial charge on any atom is 0.237 e. The molecule has 0 radical (unpaired) electrons. The van der Waals surface area contributed by atoms with Gasteiger partial charge in [0.25, 0.3) is 0 Å². The van der Waals surface area contributed by atoms with Crippen molar-refractivity contribution in [3.05, 3.63) is 54.1 Å². The van der Waals surface area contributed by atoms with Gasteiger partial charge in [-0.25, -0.2) is 4.39 Å². The zero-order valence-corrected chi connectivity index (χ0v) is 13.5. The monoisotopic (exact) mass is 328 g/mol. The minimum atomic E-state index is -0.237. The van der Waals surface area contributed by atoms with E-state index < -0.39 is 0 Å². The Morgan fingerprint density at radius 1 is 1.25 bits per heavy atom. The molecule has 1 saturated heterocycles. The SMILES string of the molecule is O=C(CN1CC(n2cccn2)C1)N(Cc1ccccc1F)C1CC1. The molecular weight excluding hydrogens is 307 g/mol. The second-order valence-corrected chi connectivity index (χ2v) is 6.68. The number of carbonyl (C=O) groups excluding carboxylic acids is 1. The van der Waals surface area contributed by atoms with Crippen LogP contribution in [0.25, 0.3) is 0 Å². The summed E-state index contributed by atoms with van der Waals surface area (Å²) in [6.45, 7) is 2.45. The van der Waals surface area contributed by atoms with Gasteiger partial charge in [0.1, 0.15) is 5.82 Å². The second-order valence-electron chi connectivity index (χ2n) is 6.68. The molecule has 0 atom stereocenters. The molecule has 4 rings (SSSR count). The van der Waals surface area contributed by atoms with E-state index in [1.807, 2.05) is 27.9 Å². The minimum Gasteiger partial charge on any atom is -0.334 e. The van der Waals surface area contributed by atoms with Crippen LogP contribution in [-0.2, 0) is 11.3 Å². The molecule has 0 bridgehead atoms. The van der Waals surface area contributed by atoms with E-state index in [2.05, 4.69) is 10.00 Å². The average Bonchev–Trinajstić information content (AvgIpc) is 3.24. The highest BCUT2D eigenvalue weighted by atomic mass is 19.1. The lowest BCUT2D eigenvalue weighted by Gasteiger charge is -2.39. The standard InChI is InChI=1S/C18H21FN4O/c19-17-5-2-1-4-14(17)10-22(15-6-7-15)18(24)13-21-11-16(12-21)23-9-3-8-20-23/h1-5,8-9,15-16H,6-7,10-13H2. The summed E-state index contributed by atoms with van der Waals surface area (Å²) in [7, 11) is 0. The molecule has 5 nitrogen and oxygen atoms in total. The van der Waals surface area contributed by atoms with E-state index in [1.54, 1.807) is 18.3 Å². The first kappa shape index (κ1) is 15.3. The van der Waals surface area contributed by atoms with Crippen LogP contribution in [0.1, 0.15) is 24.4 Å². The molecule has 24 heavy (non-hydrogen) atoms. The van der Waals surface area contributed by atoms with Crippen molar-refractivity contribution < 1.29 is 9.18 Å². The van der Waals surface area contributed by atoms with E-state index in [0.717, 1.165) is 25.9 Å². The first-order chi connectivity index (χ1) is 11.7. The normalized spacial score (nSPS) is 18.4. The third-order valence-electron chi connectivity index (χ3n) is 4.80. The van der Waals surface area contributed by atoms with Gasteiger partial charge in [-0.2, -0.15) is 5.10 Å². The van der Waals surface area contributed by atoms with Crippen LogP contribution in [0, 0.1) is 5.82 Å². The van der Waals surface area contributed by atoms with E-state index >= 15 is 0 Å². The number of nitrogens with zero attached hydrogens (tertiary/aromatic N) is 4. The molecule has 2 aliphatic rings. The maximum absolute atomic E-state index is 13.9. The molecular formula is C18H21FN4O. The van der Waals surface area contributed by atoms with Gasteiger partial charge in [-0.1, -0.05) is 18.2 Å². The van der Waals surface area contributed by atoms with E-state index in [1.165, 1.54) is 6.07 Å². The molecule has 126 valence electrons. The van der Waals surface area contributed by atoms with Gasteiger partial charge in [0, 0.05) is 43.6 Å². The summed E-state index contributed by atoms with van der Waals surface area (Å²) in [5.74, 6) is -0.140. The highest BCUT2D eigenvalue weighted by Crippen LogP contribution is 2.29. The van der Waals surface area contributed by atoms with Crippen LogP contribution in [0.15, 0.2) is 42.7 Å². The van der Waals surface area contributed by atoms with Crippen molar-refractivity contribution in [1.82, 2.24) is 19.6 Å². The predicted molar refractivity (Wildman–Crippen MR) is 87.7 cm³/mol. The molecule has 2 aromatic rings. The van der Waals surface area contributed by atoms with Crippen molar-refractivity contribution in [3.63, 3.8) is 0 Å². The molecule has 0 N–H and O–H groups in total. The molecule has 1 aromatic heterocycles. The fraction of sp³-hybridized carbons (Fsp3) is 0.444. The van der Waals surface area contributed by atoms with Crippen LogP contribution in [0.3, 0.4) is 0 Å². The van der Waals surface area contributed by atoms with Crippen LogP contribution in [0.5, 0.6) is 0 Å². The fourth-order valence-corrected chi connectivity index (χ4v) is 3.24. The van der Waals surface area contributed by atoms with E-state index in [0.29, 0.717) is 24.7 Å². The molecule has 1 aliphatic heterocycles. The number of aromatic nitrogens is 2. The van der Waals surface area contributed by atoms with Gasteiger partial charge in [-0.15, -0.1) is 0 Å². The summed E-state index contributed by atoms with van der Waals surface area (Å²) < 4.78 is 15.8. The molecule has 1 saturated carbocycles. The van der Waals surface area contributed by atoms with Crippen LogP contribution in [0.4, 0.5) is 4.39 Å². The lowest BCUT2D eigenvalue weighted by Crippen LogP contribution is -2.52. The largest absolute Gasteiger partial charge is 0.334 e. The number of carbonyl (C=O) groups is 1. The Morgan fingerprint density at radius 3 is 2.71 bits per heavy atom. The molecule has 1 aromatic carbocycles. The summed E-state index contributed by atoms with van der Waals surface area (Å²) in [6.07, 6.45) is 5.78. The number of halogens is 1. The van der Waals surface area contributed by atoms with Gasteiger partial charge in [0.2, 0.25) is 5.91 Å². The number of hydrogen-bond donors (Lipinski definition) is 0. The molecule has 6 heteroatoms. The highest BCUT2D eigenvalue weighted by Gasteiger charge is 2.36. The molecule has 0 spiro atoms. The van der Waals surface area contributed by atoms with Crippen molar-refractivity contribution >= 4 is 5.91 Å². The van der Waals surface area contributed by atoms with Gasteiger partial charge in [-0.3, -0.25) is 14.4 Å². The van der Waals surface area contributed by atoms with Crippen molar-refractivity contribution in [2.45, 2.75) is 31.5 Å². The lowest BCUT2D eigenvalue weighted by atomic mass is 10.1. The van der Waals surface area contributed by atoms with Crippen molar-refractivity contribution in [2.24, 2.45) is 0 Å². The molecule has 2 heterocycles. The number of rotatable bonds is 6. The topological polar surface area (TPSA) is 41.4 Å². The maximum atomic E-state index is 13.9. The van der Waals surface area contributed by atoms with E-state index in [-0.39, 0.29) is 17.8 Å². The predicted octanol–water partition coefficient (Wildman–Crippen LogP) is 2.07. The Kier molecular flexibility index (Phi) is 4.06. The Balaban J connectivity index is 1.35. The zero-order valence-electron chi connectivity index (χ0n) is 13.5. The summed E-state index contributed by atoms with van der Waals surface area (Å²) in [5.41, 5.74) is 0.593. The smallest absolute Gasteiger partial charge is 0.237 e. The third kappa shape index (κ3) is 3.19. The summed E-state index contributed by atoms with van der Waals surface area (Å²) in [5, 5.41) is 4.24. The molecule has 2 fully saturated rings. The van der Waals surface area contributed by atoms with Gasteiger partial charge in [0.15, 0.2) is 0 Å². The number of likely N-dealkylation sites (tertiary alicyclic amines) is 1. The Hall–Kier alpha value is -2.21. The minimum absolute atomic E-state index is 0.0969. The average molecular weight is 328 g/mol. The van der Waals surface area contributed by atoms with Crippen LogP contribution >= 0.6 is 0 Å². The Labute approximate surface area is 140 Å². The van der Waals surface area contributed by atoms with Gasteiger partial charge < -0.3 is 4.90 Å². The van der Waals surface area contributed by atoms with Gasteiger partial charge >= 0.3 is 0 Å². The van der Waals surface area contributed by atoms with E-state index in [4.69, 9.17) is 0 Å². The quantitative estimate of drug-likeness (QED) is 0.815. The fourth-order valence-electron chi connectivity index (χ4n) is 3.24. The Bertz CT molecular complexity index is 708. The second kappa shape index (κ2) is 6.36. The first-order valence-electron chi connectivity index (χ1n) is 8.45. The van der Waals surface area contributed by atoms with Gasteiger partial charge in [0.05, 0.1) is 12.6 Å². The van der Waals surface area contributed by atoms with Crippen LogP contribution in [-0.4, -0.2) is 51.2 Å². The van der Waals surface area contributed by atoms with Gasteiger partial charge in [-0.05, 0) is 25.0 Å². The Morgan fingerprint density at radius 2 is 2.04 bits per heavy atom. The lowest BCUT2D eigenvalue weighted by molar-refractivity contribution is -0.135. The molecule has 1 amide bonds. The highest BCUT2D eigenvalue weighted by molar-refractivity contribution is 5.79. The summed E-state index contributed by atoms with van der Waals surface area (Å²) >= 11 is 0. The number of hydrogen-bond acceptors (Lipinski definition) is 3. The summed E-state index contributed by atoms with van der Waals surface area (Å²) in [6, 6.07) is 9.26. The first-order valence-corrected chi connectivity index (χ1v) is 8.45. The zero-order chi connectivity index (χ0) is 16.5. The van der Waals surface area contributed by atoms with E-state index in [9.17, 15) is 9.18 Å².